The summed E-state index contributed by atoms with van der Waals surface area (Å²) >= 11 is 7.47. The number of para-hydroxylation sites is 1. The zero-order valence-electron chi connectivity index (χ0n) is 20.7. The largest absolute Gasteiger partial charge is 0.310 e. The second-order valence-electron chi connectivity index (χ2n) is 7.70. The molecule has 0 aliphatic heterocycles. The maximum Gasteiger partial charge on any atom is 0.290 e. The maximum absolute atomic E-state index is 13.7. The Morgan fingerprint density at radius 3 is 1.83 bits per heavy atom. The zero-order chi connectivity index (χ0) is 30.3. The number of hydrogen-bond acceptors (Lipinski definition) is 12. The van der Waals surface area contributed by atoms with E-state index in [0.717, 1.165) is 36.4 Å². The molecule has 1 amide bonds. The van der Waals surface area contributed by atoms with E-state index in [1.54, 1.807) is 37.3 Å². The molecule has 0 spiro atoms. The van der Waals surface area contributed by atoms with Gasteiger partial charge in [-0.15, -0.1) is 0 Å². The first-order valence-corrected chi connectivity index (χ1v) is 13.3. The van der Waals surface area contributed by atoms with Crippen LogP contribution < -0.4 is 4.90 Å². The molecule has 18 heteroatoms. The molecule has 15 nitrogen and oxygen atoms in total. The fourth-order valence-electron chi connectivity index (χ4n) is 3.38. The molecule has 0 heterocycles. The van der Waals surface area contributed by atoms with E-state index in [-0.39, 0.29) is 20.8 Å². The predicted octanol–water partition coefficient (Wildman–Crippen LogP) is 6.18. The van der Waals surface area contributed by atoms with E-state index >= 15 is 0 Å². The van der Waals surface area contributed by atoms with Crippen LogP contribution in [0.1, 0.15) is 6.92 Å². The number of halogens is 1. The summed E-state index contributed by atoms with van der Waals surface area (Å²) in [5.74, 6) is -0.659. The van der Waals surface area contributed by atoms with Gasteiger partial charge in [-0.05, 0) is 31.2 Å². The lowest BCUT2D eigenvalue weighted by Crippen LogP contribution is -2.37. The lowest BCUT2D eigenvalue weighted by molar-refractivity contribution is -0.396. The minimum absolute atomic E-state index is 0.109. The van der Waals surface area contributed by atoms with Crippen molar-refractivity contribution in [2.24, 2.45) is 4.99 Å². The van der Waals surface area contributed by atoms with Gasteiger partial charge in [0, 0.05) is 24.4 Å². The van der Waals surface area contributed by atoms with Crippen molar-refractivity contribution in [1.29, 1.82) is 0 Å². The first kappa shape index (κ1) is 30.9. The van der Waals surface area contributed by atoms with Gasteiger partial charge in [0.05, 0.1) is 41.6 Å². The van der Waals surface area contributed by atoms with Gasteiger partial charge in [0.2, 0.25) is 0 Å². The van der Waals surface area contributed by atoms with E-state index in [9.17, 15) is 45.3 Å². The van der Waals surface area contributed by atoms with Crippen molar-refractivity contribution >= 4 is 74.0 Å². The van der Waals surface area contributed by atoms with Crippen molar-refractivity contribution in [2.75, 3.05) is 11.4 Å². The van der Waals surface area contributed by atoms with Crippen LogP contribution in [0.2, 0.25) is 0 Å². The van der Waals surface area contributed by atoms with Crippen LogP contribution in [0, 0.1) is 40.5 Å². The number of hydrogen-bond donors (Lipinski definition) is 0. The lowest BCUT2D eigenvalue weighted by Gasteiger charge is -2.24. The Morgan fingerprint density at radius 2 is 1.34 bits per heavy atom. The molecule has 1 unspecified atom stereocenters. The fourth-order valence-corrected chi connectivity index (χ4v) is 5.59. The average molecular weight is 621 g/mol. The van der Waals surface area contributed by atoms with Crippen LogP contribution in [-0.2, 0) is 4.79 Å². The highest BCUT2D eigenvalue weighted by Gasteiger charge is 2.30. The fraction of sp³-hybridized carbons (Fsp3) is 0.130. The summed E-state index contributed by atoms with van der Waals surface area (Å²) in [6, 6.07) is 14.2. The molecule has 0 aliphatic rings. The van der Waals surface area contributed by atoms with E-state index in [0.29, 0.717) is 29.2 Å². The molecule has 0 N–H and O–H groups in total. The number of rotatable bonds is 11. The van der Waals surface area contributed by atoms with Gasteiger partial charge in [0.1, 0.15) is 0 Å². The molecule has 3 rings (SSSR count). The molecular formula is C23H17ClN6O9S2. The molecule has 0 radical (unpaired) electrons. The Labute approximate surface area is 243 Å². The van der Waals surface area contributed by atoms with Crippen LogP contribution in [0.25, 0.3) is 0 Å². The smallest absolute Gasteiger partial charge is 0.290 e. The van der Waals surface area contributed by atoms with E-state index in [1.807, 2.05) is 0 Å². The Bertz CT molecular complexity index is 1560. The lowest BCUT2D eigenvalue weighted by atomic mass is 10.3. The second kappa shape index (κ2) is 13.6. The van der Waals surface area contributed by atoms with Gasteiger partial charge in [0.15, 0.2) is 9.88 Å². The first-order valence-electron chi connectivity index (χ1n) is 11.2. The summed E-state index contributed by atoms with van der Waals surface area (Å²) in [7, 11) is 0. The Kier molecular flexibility index (Phi) is 10.3. The number of nitrogens with zero attached hydrogens (tertiary/aromatic N) is 6. The van der Waals surface area contributed by atoms with Crippen LogP contribution in [0.3, 0.4) is 0 Å². The number of likely N-dealkylation sites (N-methyl/N-ethyl adjacent to an activating group) is 1. The third kappa shape index (κ3) is 7.74. The maximum atomic E-state index is 13.7. The average Bonchev–Trinajstić information content (AvgIpc) is 2.93. The minimum Gasteiger partial charge on any atom is -0.310 e. The monoisotopic (exact) mass is 620 g/mol. The number of benzene rings is 3. The van der Waals surface area contributed by atoms with Crippen LogP contribution in [0.5, 0.6) is 0 Å². The van der Waals surface area contributed by atoms with Crippen molar-refractivity contribution in [2.45, 2.75) is 22.1 Å². The number of thioether (sulfide) groups is 2. The third-order valence-corrected chi connectivity index (χ3v) is 7.51. The van der Waals surface area contributed by atoms with Gasteiger partial charge in [-0.2, -0.15) is 0 Å². The molecular weight excluding hydrogens is 604 g/mol. The molecule has 41 heavy (non-hydrogen) atoms. The molecule has 0 saturated carbocycles. The summed E-state index contributed by atoms with van der Waals surface area (Å²) < 4.78 is -0.388. The van der Waals surface area contributed by atoms with Gasteiger partial charge in [-0.3, -0.25) is 45.3 Å². The van der Waals surface area contributed by atoms with E-state index in [1.165, 1.54) is 4.90 Å². The summed E-state index contributed by atoms with van der Waals surface area (Å²) in [6.07, 6.45) is 0. The van der Waals surface area contributed by atoms with Crippen molar-refractivity contribution in [3.8, 4) is 0 Å². The SMILES string of the molecule is CCN(C(=O)C(/N=C(\Cl)Sc1ccc([N+](=O)[O-])cc1[N+](=O)[O-])Sc1ccc([N+](=O)[O-])cc1[N+](=O)[O-])c1ccccc1. The predicted molar refractivity (Wildman–Crippen MR) is 153 cm³/mol. The quantitative estimate of drug-likeness (QED) is 0.0777. The molecule has 3 aromatic rings. The van der Waals surface area contributed by atoms with E-state index in [2.05, 4.69) is 4.99 Å². The summed E-state index contributed by atoms with van der Waals surface area (Å²) in [6.45, 7) is 1.84. The van der Waals surface area contributed by atoms with E-state index < -0.39 is 53.7 Å². The molecule has 0 saturated heterocycles. The minimum atomic E-state index is -1.48. The van der Waals surface area contributed by atoms with Crippen molar-refractivity contribution < 1.29 is 24.5 Å². The molecule has 212 valence electrons. The number of carbonyl (C=O) groups excluding carboxylic acids is 1. The van der Waals surface area contributed by atoms with Gasteiger partial charge in [0.25, 0.3) is 28.7 Å². The van der Waals surface area contributed by atoms with Crippen LogP contribution in [-0.4, -0.2) is 42.0 Å². The summed E-state index contributed by atoms with van der Waals surface area (Å²) in [5, 5.41) is 43.9. The number of carbonyl (C=O) groups is 1. The number of non-ortho nitro benzene ring substituents is 2. The number of anilines is 1. The zero-order valence-corrected chi connectivity index (χ0v) is 23.1. The Balaban J connectivity index is 2.07. The molecule has 1 atom stereocenters. The third-order valence-electron chi connectivity index (χ3n) is 5.21. The normalized spacial score (nSPS) is 11.9. The number of nitro groups is 4. The molecule has 0 bridgehead atoms. The van der Waals surface area contributed by atoms with Crippen LogP contribution >= 0.6 is 35.1 Å². The topological polar surface area (TPSA) is 205 Å². The molecule has 3 aromatic carbocycles. The highest BCUT2D eigenvalue weighted by molar-refractivity contribution is 8.17. The van der Waals surface area contributed by atoms with Crippen molar-refractivity contribution in [3.05, 3.63) is 107 Å². The van der Waals surface area contributed by atoms with Gasteiger partial charge >= 0.3 is 0 Å². The summed E-state index contributed by atoms with van der Waals surface area (Å²) in [5.41, 5.74) is -1.85. The summed E-state index contributed by atoms with van der Waals surface area (Å²) in [4.78, 5) is 61.1. The van der Waals surface area contributed by atoms with Crippen LogP contribution in [0.4, 0.5) is 28.4 Å². The number of aliphatic imine (C=N–C) groups is 1. The highest BCUT2D eigenvalue weighted by Crippen LogP contribution is 2.39. The van der Waals surface area contributed by atoms with Crippen molar-refractivity contribution in [1.82, 2.24) is 0 Å². The molecule has 0 fully saturated rings. The highest BCUT2D eigenvalue weighted by atomic mass is 35.5. The molecule has 0 aliphatic carbocycles. The van der Waals surface area contributed by atoms with E-state index in [4.69, 9.17) is 11.6 Å². The Morgan fingerprint density at radius 1 is 0.829 bits per heavy atom. The standard InChI is InChI=1S/C23H17ClN6O9S2/c1-2-26(14-6-4-3-5-7-14)22(31)21(40-19-10-8-15(27(32)33)12-17(19)29(36)37)25-23(24)41-20-11-9-16(28(34)35)13-18(20)30(38)39/h3-13,21H,2H2,1H3/b25-23+. The van der Waals surface area contributed by atoms with Gasteiger partial charge < -0.3 is 4.90 Å². The van der Waals surface area contributed by atoms with Crippen LogP contribution in [0.15, 0.2) is 81.5 Å². The molecule has 0 aromatic heterocycles. The Hall–Kier alpha value is -4.61. The number of amides is 1. The van der Waals surface area contributed by atoms with Crippen molar-refractivity contribution in [3.63, 3.8) is 0 Å². The number of nitro benzene ring substituents is 4. The first-order chi connectivity index (χ1) is 19.4. The van der Waals surface area contributed by atoms with Gasteiger partial charge in [-0.25, -0.2) is 4.99 Å². The second-order valence-corrected chi connectivity index (χ2v) is 10.4. The van der Waals surface area contributed by atoms with Gasteiger partial charge in [-0.1, -0.05) is 53.3 Å².